The lowest BCUT2D eigenvalue weighted by molar-refractivity contribution is -0.121. The van der Waals surface area contributed by atoms with E-state index in [1.807, 2.05) is 6.07 Å². The Bertz CT molecular complexity index is 785. The summed E-state index contributed by atoms with van der Waals surface area (Å²) in [5.74, 6) is -1.78. The van der Waals surface area contributed by atoms with E-state index in [2.05, 4.69) is 10.3 Å². The molecule has 0 fully saturated rings. The van der Waals surface area contributed by atoms with Gasteiger partial charge in [0.15, 0.2) is 0 Å². The Morgan fingerprint density at radius 1 is 1.29 bits per heavy atom. The molecule has 0 spiro atoms. The van der Waals surface area contributed by atoms with Gasteiger partial charge in [-0.2, -0.15) is 0 Å². The molecule has 0 radical (unpaired) electrons. The number of benzene rings is 1. The van der Waals surface area contributed by atoms with Crippen LogP contribution in [0.25, 0.3) is 0 Å². The van der Waals surface area contributed by atoms with Crippen LogP contribution >= 0.6 is 0 Å². The number of carbonyl (C=O) groups excluding carboxylic acids is 1. The lowest BCUT2D eigenvalue weighted by Gasteiger charge is -2.18. The second-order valence-corrected chi connectivity index (χ2v) is 5.87. The summed E-state index contributed by atoms with van der Waals surface area (Å²) in [4.78, 5) is 26.7. The van der Waals surface area contributed by atoms with Crippen molar-refractivity contribution < 1.29 is 19.1 Å². The number of carbonyl (C=O) groups is 2. The molecule has 3 rings (SSSR count). The van der Waals surface area contributed by atoms with Gasteiger partial charge in [0.2, 0.25) is 5.91 Å². The van der Waals surface area contributed by atoms with Crippen LogP contribution in [0.4, 0.5) is 4.39 Å². The summed E-state index contributed by atoms with van der Waals surface area (Å²) in [6, 6.07) is 3.64. The van der Waals surface area contributed by atoms with Gasteiger partial charge in [0.1, 0.15) is 18.1 Å². The first kappa shape index (κ1) is 16.2. The third-order valence-electron chi connectivity index (χ3n) is 4.26. The van der Waals surface area contributed by atoms with Crippen molar-refractivity contribution in [1.29, 1.82) is 0 Å². The number of halogens is 1. The minimum absolute atomic E-state index is 0.0647. The maximum absolute atomic E-state index is 14.5. The van der Waals surface area contributed by atoms with Gasteiger partial charge in [-0.25, -0.2) is 14.2 Å². The van der Waals surface area contributed by atoms with Crippen LogP contribution in [0.1, 0.15) is 40.0 Å². The van der Waals surface area contributed by atoms with Gasteiger partial charge in [-0.15, -0.1) is 0 Å². The van der Waals surface area contributed by atoms with Crippen molar-refractivity contribution in [1.82, 2.24) is 14.9 Å². The Labute approximate surface area is 138 Å². The monoisotopic (exact) mass is 331 g/mol. The fourth-order valence-electron chi connectivity index (χ4n) is 3.00. The number of aromatic carboxylic acids is 1. The first-order chi connectivity index (χ1) is 11.6. The van der Waals surface area contributed by atoms with E-state index in [-0.39, 0.29) is 24.6 Å². The SMILES string of the molecule is O=C(Cn1cncc1C(=O)O)NCc1ccc2c(c1F)CCCC2. The predicted molar refractivity (Wildman–Crippen MR) is 84.1 cm³/mol. The Morgan fingerprint density at radius 3 is 2.88 bits per heavy atom. The lowest BCUT2D eigenvalue weighted by Crippen LogP contribution is -2.28. The Hall–Kier alpha value is -2.70. The van der Waals surface area contributed by atoms with E-state index < -0.39 is 11.9 Å². The molecule has 6 nitrogen and oxygen atoms in total. The summed E-state index contributed by atoms with van der Waals surface area (Å²) in [6.45, 7) is -0.0940. The van der Waals surface area contributed by atoms with Crippen molar-refractivity contribution in [2.45, 2.75) is 38.8 Å². The molecule has 1 aliphatic carbocycles. The van der Waals surface area contributed by atoms with E-state index in [4.69, 9.17) is 5.11 Å². The number of nitrogens with one attached hydrogen (secondary N) is 1. The smallest absolute Gasteiger partial charge is 0.354 e. The molecule has 0 atom stereocenters. The Balaban J connectivity index is 1.64. The molecule has 0 aliphatic heterocycles. The predicted octanol–water partition coefficient (Wildman–Crippen LogP) is 1.92. The highest BCUT2D eigenvalue weighted by molar-refractivity contribution is 5.86. The molecule has 1 heterocycles. The number of fused-ring (bicyclic) bond motifs is 1. The number of carboxylic acid groups (broad SMARTS) is 1. The maximum atomic E-state index is 14.5. The molecule has 7 heteroatoms. The highest BCUT2D eigenvalue weighted by atomic mass is 19.1. The number of nitrogens with zero attached hydrogens (tertiary/aromatic N) is 2. The van der Waals surface area contributed by atoms with Crippen LogP contribution in [0.2, 0.25) is 0 Å². The van der Waals surface area contributed by atoms with Gasteiger partial charge in [0.25, 0.3) is 0 Å². The highest BCUT2D eigenvalue weighted by Gasteiger charge is 2.17. The average molecular weight is 331 g/mol. The zero-order valence-corrected chi connectivity index (χ0v) is 13.1. The minimum atomic E-state index is -1.15. The largest absolute Gasteiger partial charge is 0.477 e. The van der Waals surface area contributed by atoms with Crippen LogP contribution in [-0.4, -0.2) is 26.5 Å². The van der Waals surface area contributed by atoms with Gasteiger partial charge in [0.05, 0.1) is 12.5 Å². The van der Waals surface area contributed by atoms with Crippen molar-refractivity contribution in [3.05, 3.63) is 52.9 Å². The lowest BCUT2D eigenvalue weighted by atomic mass is 9.90. The number of rotatable bonds is 5. The first-order valence-corrected chi connectivity index (χ1v) is 7.85. The molecular weight excluding hydrogens is 313 g/mol. The number of hydrogen-bond acceptors (Lipinski definition) is 3. The molecule has 0 saturated carbocycles. The maximum Gasteiger partial charge on any atom is 0.354 e. The van der Waals surface area contributed by atoms with Gasteiger partial charge < -0.3 is 15.0 Å². The molecule has 0 saturated heterocycles. The molecule has 24 heavy (non-hydrogen) atoms. The third kappa shape index (κ3) is 3.29. The number of carboxylic acids is 1. The van der Waals surface area contributed by atoms with E-state index in [0.717, 1.165) is 36.8 Å². The van der Waals surface area contributed by atoms with Gasteiger partial charge in [-0.3, -0.25) is 4.79 Å². The number of amides is 1. The van der Waals surface area contributed by atoms with E-state index in [0.29, 0.717) is 5.56 Å². The van der Waals surface area contributed by atoms with Crippen LogP contribution in [0.15, 0.2) is 24.7 Å². The molecular formula is C17H18FN3O3. The van der Waals surface area contributed by atoms with E-state index in [1.165, 1.54) is 17.1 Å². The molecule has 1 aromatic heterocycles. The van der Waals surface area contributed by atoms with Gasteiger partial charge in [-0.1, -0.05) is 12.1 Å². The number of aryl methyl sites for hydroxylation is 1. The van der Waals surface area contributed by atoms with E-state index in [9.17, 15) is 14.0 Å². The van der Waals surface area contributed by atoms with E-state index >= 15 is 0 Å². The normalized spacial score (nSPS) is 13.4. The summed E-state index contributed by atoms with van der Waals surface area (Å²) in [7, 11) is 0. The molecule has 1 aromatic carbocycles. The molecule has 1 amide bonds. The van der Waals surface area contributed by atoms with Gasteiger partial charge >= 0.3 is 5.97 Å². The summed E-state index contributed by atoms with van der Waals surface area (Å²) in [5, 5.41) is 11.6. The van der Waals surface area contributed by atoms with Crippen molar-refractivity contribution in [3.8, 4) is 0 Å². The fourth-order valence-corrected chi connectivity index (χ4v) is 3.00. The van der Waals surface area contributed by atoms with Crippen LogP contribution in [0.3, 0.4) is 0 Å². The van der Waals surface area contributed by atoms with Crippen LogP contribution < -0.4 is 5.32 Å². The van der Waals surface area contributed by atoms with Crippen LogP contribution in [0.5, 0.6) is 0 Å². The standard InChI is InChI=1S/C17H18FN3O3/c18-16-12(6-5-11-3-1-2-4-13(11)16)7-20-15(22)9-21-10-19-8-14(21)17(23)24/h5-6,8,10H,1-4,7,9H2,(H,20,22)(H,23,24). The second kappa shape index (κ2) is 6.82. The van der Waals surface area contributed by atoms with Crippen molar-refractivity contribution in [2.75, 3.05) is 0 Å². The summed E-state index contributed by atoms with van der Waals surface area (Å²) in [6.07, 6.45) is 6.16. The third-order valence-corrected chi connectivity index (χ3v) is 4.26. The molecule has 2 aromatic rings. The molecule has 0 unspecified atom stereocenters. The molecule has 0 bridgehead atoms. The summed E-state index contributed by atoms with van der Waals surface area (Å²) >= 11 is 0. The quantitative estimate of drug-likeness (QED) is 0.877. The zero-order valence-electron chi connectivity index (χ0n) is 13.1. The number of aromatic nitrogens is 2. The van der Waals surface area contributed by atoms with Crippen molar-refractivity contribution in [2.24, 2.45) is 0 Å². The Morgan fingerprint density at radius 2 is 2.08 bits per heavy atom. The second-order valence-electron chi connectivity index (χ2n) is 5.87. The number of hydrogen-bond donors (Lipinski definition) is 2. The van der Waals surface area contributed by atoms with Crippen molar-refractivity contribution in [3.63, 3.8) is 0 Å². The summed E-state index contributed by atoms with van der Waals surface area (Å²) in [5.41, 5.74) is 2.20. The Kier molecular flexibility index (Phi) is 4.59. The van der Waals surface area contributed by atoms with Gasteiger partial charge in [-0.05, 0) is 36.8 Å². The highest BCUT2D eigenvalue weighted by Crippen LogP contribution is 2.25. The summed E-state index contributed by atoms with van der Waals surface area (Å²) < 4.78 is 15.7. The molecule has 1 aliphatic rings. The molecule has 2 N–H and O–H groups in total. The minimum Gasteiger partial charge on any atom is -0.477 e. The van der Waals surface area contributed by atoms with Gasteiger partial charge in [0, 0.05) is 12.1 Å². The molecule has 126 valence electrons. The van der Waals surface area contributed by atoms with Crippen LogP contribution in [0, 0.1) is 5.82 Å². The average Bonchev–Trinajstić information content (AvgIpc) is 3.03. The van der Waals surface area contributed by atoms with E-state index in [1.54, 1.807) is 6.07 Å². The fraction of sp³-hybridized carbons (Fsp3) is 0.353. The first-order valence-electron chi connectivity index (χ1n) is 7.85. The zero-order chi connectivity index (χ0) is 17.1. The van der Waals surface area contributed by atoms with Crippen molar-refractivity contribution >= 4 is 11.9 Å². The number of imidazole rings is 1. The topological polar surface area (TPSA) is 84.2 Å². The van der Waals surface area contributed by atoms with Crippen LogP contribution in [-0.2, 0) is 30.7 Å².